The predicted molar refractivity (Wildman–Crippen MR) is 151 cm³/mol. The third-order valence-electron chi connectivity index (χ3n) is 6.12. The van der Waals surface area contributed by atoms with Gasteiger partial charge in [0, 0.05) is 0 Å². The molecule has 0 heterocycles. The van der Waals surface area contributed by atoms with Gasteiger partial charge in [0.05, 0.1) is 12.2 Å². The van der Waals surface area contributed by atoms with Gasteiger partial charge in [-0.3, -0.25) is 0 Å². The Kier molecular flexibility index (Phi) is 8.04. The minimum Gasteiger partial charge on any atom is -0.457 e. The van der Waals surface area contributed by atoms with Gasteiger partial charge in [0.1, 0.15) is 23.0 Å². The normalized spacial score (nSPS) is 13.6. The molecular weight excluding hydrogens is 456 g/mol. The van der Waals surface area contributed by atoms with Gasteiger partial charge in [0.25, 0.3) is 0 Å². The maximum absolute atomic E-state index is 7.05. The molecule has 2 atom stereocenters. The van der Waals surface area contributed by atoms with Gasteiger partial charge >= 0.3 is 0 Å². The first-order chi connectivity index (χ1) is 17.6. The van der Waals surface area contributed by atoms with Crippen LogP contribution in [0.5, 0.6) is 23.0 Å². The molecule has 2 unspecified atom stereocenters. The first-order valence-electron chi connectivity index (χ1n) is 12.9. The molecule has 0 N–H and O–H groups in total. The smallest absolute Gasteiger partial charge is 0.127 e. The highest BCUT2D eigenvalue weighted by Crippen LogP contribution is 2.46. The van der Waals surface area contributed by atoms with Crippen molar-refractivity contribution in [2.45, 2.75) is 53.8 Å². The zero-order valence-electron chi connectivity index (χ0n) is 22.8. The van der Waals surface area contributed by atoms with E-state index in [1.807, 2.05) is 84.9 Å². The summed E-state index contributed by atoms with van der Waals surface area (Å²) in [7, 11) is 0. The van der Waals surface area contributed by atoms with Gasteiger partial charge in [0.15, 0.2) is 0 Å². The van der Waals surface area contributed by atoms with Gasteiger partial charge in [-0.05, 0) is 70.5 Å². The lowest BCUT2D eigenvalue weighted by Gasteiger charge is -2.39. The summed E-state index contributed by atoms with van der Waals surface area (Å²) in [6.45, 7) is 13.3. The van der Waals surface area contributed by atoms with Crippen molar-refractivity contribution in [2.24, 2.45) is 10.8 Å². The van der Waals surface area contributed by atoms with Crippen LogP contribution in [0.2, 0.25) is 0 Å². The van der Waals surface area contributed by atoms with Crippen LogP contribution in [0.1, 0.15) is 64.9 Å². The summed E-state index contributed by atoms with van der Waals surface area (Å²) < 4.78 is 19.3. The highest BCUT2D eigenvalue weighted by molar-refractivity contribution is 5.37. The van der Waals surface area contributed by atoms with Crippen LogP contribution in [-0.4, -0.2) is 0 Å². The van der Waals surface area contributed by atoms with E-state index in [9.17, 15) is 0 Å². The molecule has 0 aliphatic carbocycles. The topological polar surface area (TPSA) is 27.7 Å². The summed E-state index contributed by atoms with van der Waals surface area (Å²) in [6, 6.07) is 36.2. The summed E-state index contributed by atoms with van der Waals surface area (Å²) >= 11 is 0. The van der Waals surface area contributed by atoms with Crippen LogP contribution in [-0.2, 0) is 4.74 Å². The minimum absolute atomic E-state index is 0.146. The second-order valence-corrected chi connectivity index (χ2v) is 11.6. The minimum atomic E-state index is -0.158. The molecule has 0 aromatic heterocycles. The van der Waals surface area contributed by atoms with Crippen molar-refractivity contribution in [3.63, 3.8) is 0 Å². The fraction of sp³-hybridized carbons (Fsp3) is 0.294. The van der Waals surface area contributed by atoms with Crippen LogP contribution in [0.3, 0.4) is 0 Å². The summed E-state index contributed by atoms with van der Waals surface area (Å²) in [4.78, 5) is 0. The standard InChI is InChI=1S/C34H38O3/c1-33(2,3)31(25-15-13-21-29(23-25)35-27-17-9-7-10-18-27)37-32(34(4,5)6)26-16-14-22-30(24-26)36-28-19-11-8-12-20-28/h7-24,31-32H,1-6H3. The van der Waals surface area contributed by atoms with Gasteiger partial charge in [-0.15, -0.1) is 0 Å². The van der Waals surface area contributed by atoms with Crippen molar-refractivity contribution in [2.75, 3.05) is 0 Å². The van der Waals surface area contributed by atoms with Crippen molar-refractivity contribution < 1.29 is 14.2 Å². The lowest BCUT2D eigenvalue weighted by molar-refractivity contribution is -0.112. The zero-order chi connectivity index (χ0) is 26.5. The molecule has 0 amide bonds. The van der Waals surface area contributed by atoms with Crippen LogP contribution < -0.4 is 9.47 Å². The Bertz CT molecular complexity index is 1170. The molecule has 37 heavy (non-hydrogen) atoms. The van der Waals surface area contributed by atoms with Crippen molar-refractivity contribution in [1.82, 2.24) is 0 Å². The monoisotopic (exact) mass is 494 g/mol. The average Bonchev–Trinajstić information content (AvgIpc) is 2.84. The lowest BCUT2D eigenvalue weighted by Crippen LogP contribution is -2.29. The van der Waals surface area contributed by atoms with Gasteiger partial charge < -0.3 is 14.2 Å². The summed E-state index contributed by atoms with van der Waals surface area (Å²) in [5, 5.41) is 0. The number of hydrogen-bond acceptors (Lipinski definition) is 3. The molecule has 0 saturated carbocycles. The predicted octanol–water partition coefficient (Wildman–Crippen LogP) is 10.2. The van der Waals surface area contributed by atoms with E-state index in [0.29, 0.717) is 0 Å². The van der Waals surface area contributed by atoms with E-state index in [1.54, 1.807) is 0 Å². The van der Waals surface area contributed by atoms with E-state index in [0.717, 1.165) is 34.1 Å². The molecule has 0 fully saturated rings. The van der Waals surface area contributed by atoms with E-state index in [4.69, 9.17) is 14.2 Å². The molecule has 4 aromatic carbocycles. The number of para-hydroxylation sites is 2. The fourth-order valence-electron chi connectivity index (χ4n) is 4.43. The maximum atomic E-state index is 7.05. The fourth-order valence-corrected chi connectivity index (χ4v) is 4.43. The van der Waals surface area contributed by atoms with Crippen molar-refractivity contribution in [1.29, 1.82) is 0 Å². The zero-order valence-corrected chi connectivity index (χ0v) is 22.8. The molecule has 3 heteroatoms. The van der Waals surface area contributed by atoms with Crippen LogP contribution in [0.25, 0.3) is 0 Å². The quantitative estimate of drug-likeness (QED) is 0.244. The first kappa shape index (κ1) is 26.5. The van der Waals surface area contributed by atoms with E-state index in [1.165, 1.54) is 0 Å². The highest BCUT2D eigenvalue weighted by atomic mass is 16.5. The maximum Gasteiger partial charge on any atom is 0.127 e. The number of benzene rings is 4. The SMILES string of the molecule is CC(C)(C)C(OC(c1cccc(Oc2ccccc2)c1)C(C)(C)C)c1cccc(Oc2ccccc2)c1. The first-order valence-corrected chi connectivity index (χ1v) is 12.9. The Balaban J connectivity index is 1.64. The van der Waals surface area contributed by atoms with Gasteiger partial charge in [-0.25, -0.2) is 0 Å². The van der Waals surface area contributed by atoms with Crippen molar-refractivity contribution in [3.05, 3.63) is 120 Å². The van der Waals surface area contributed by atoms with E-state index in [2.05, 4.69) is 65.8 Å². The Morgan fingerprint density at radius 3 is 1.14 bits per heavy atom. The van der Waals surface area contributed by atoms with E-state index < -0.39 is 0 Å². The Hall–Kier alpha value is -3.56. The van der Waals surface area contributed by atoms with Crippen LogP contribution in [0.15, 0.2) is 109 Å². The molecule has 192 valence electrons. The largest absolute Gasteiger partial charge is 0.457 e. The third-order valence-corrected chi connectivity index (χ3v) is 6.12. The number of hydrogen-bond donors (Lipinski definition) is 0. The third kappa shape index (κ3) is 7.24. The van der Waals surface area contributed by atoms with E-state index >= 15 is 0 Å². The molecule has 0 radical (unpaired) electrons. The molecule has 0 aliphatic rings. The van der Waals surface area contributed by atoms with Gasteiger partial charge in [-0.1, -0.05) is 102 Å². The average molecular weight is 495 g/mol. The second kappa shape index (κ2) is 11.2. The molecule has 0 bridgehead atoms. The molecule has 0 aliphatic heterocycles. The Morgan fingerprint density at radius 2 is 0.784 bits per heavy atom. The molecule has 4 aromatic rings. The van der Waals surface area contributed by atoms with Gasteiger partial charge in [-0.2, -0.15) is 0 Å². The van der Waals surface area contributed by atoms with Gasteiger partial charge in [0.2, 0.25) is 0 Å². The highest BCUT2D eigenvalue weighted by Gasteiger charge is 2.36. The molecular formula is C34H38O3. The Morgan fingerprint density at radius 1 is 0.432 bits per heavy atom. The second-order valence-electron chi connectivity index (χ2n) is 11.6. The Labute approximate surface area is 222 Å². The van der Waals surface area contributed by atoms with E-state index in [-0.39, 0.29) is 23.0 Å². The van der Waals surface area contributed by atoms with Crippen LogP contribution in [0.4, 0.5) is 0 Å². The number of rotatable bonds is 8. The van der Waals surface area contributed by atoms with Crippen molar-refractivity contribution >= 4 is 0 Å². The van der Waals surface area contributed by atoms with Crippen LogP contribution >= 0.6 is 0 Å². The molecule has 4 rings (SSSR count). The summed E-state index contributed by atoms with van der Waals surface area (Å²) in [6.07, 6.45) is -0.315. The summed E-state index contributed by atoms with van der Waals surface area (Å²) in [5.41, 5.74) is 1.89. The van der Waals surface area contributed by atoms with Crippen LogP contribution in [0, 0.1) is 10.8 Å². The molecule has 0 spiro atoms. The summed E-state index contributed by atoms with van der Waals surface area (Å²) in [5.74, 6) is 3.23. The molecule has 0 saturated heterocycles. The molecule has 3 nitrogen and oxygen atoms in total. The number of ether oxygens (including phenoxy) is 3. The lowest BCUT2D eigenvalue weighted by atomic mass is 9.81. The van der Waals surface area contributed by atoms with Crippen molar-refractivity contribution in [3.8, 4) is 23.0 Å².